The molecule has 1 amide bonds. The summed E-state index contributed by atoms with van der Waals surface area (Å²) in [6.45, 7) is 2.20. The van der Waals surface area contributed by atoms with Gasteiger partial charge >= 0.3 is 11.9 Å². The van der Waals surface area contributed by atoms with Gasteiger partial charge in [0.2, 0.25) is 0 Å². The highest BCUT2D eigenvalue weighted by Gasteiger charge is 2.35. The van der Waals surface area contributed by atoms with Crippen molar-refractivity contribution in [3.63, 3.8) is 0 Å². The largest absolute Gasteiger partial charge is 0.478 e. The molecule has 3 rings (SSSR count). The number of carboxylic acid groups (broad SMARTS) is 1. The summed E-state index contributed by atoms with van der Waals surface area (Å²) in [5, 5.41) is 21.6. The zero-order valence-corrected chi connectivity index (χ0v) is 16.0. The van der Waals surface area contributed by atoms with Crippen molar-refractivity contribution in [2.75, 3.05) is 63.3 Å². The molecule has 0 radical (unpaired) electrons. The minimum absolute atomic E-state index is 0.0278. The molecule has 0 atom stereocenters. The fraction of sp³-hybridized carbons (Fsp3) is 0.421. The Kier molecular flexibility index (Phi) is 6.35. The number of hydrogen-bond donors (Lipinski definition) is 3. The van der Waals surface area contributed by atoms with E-state index in [0.29, 0.717) is 26.3 Å². The molecule has 3 N–H and O–H groups in total. The predicted molar refractivity (Wildman–Crippen MR) is 103 cm³/mol. The summed E-state index contributed by atoms with van der Waals surface area (Å²) in [5.41, 5.74) is 0.967. The van der Waals surface area contributed by atoms with Gasteiger partial charge in [-0.05, 0) is 18.2 Å². The molecule has 2 aliphatic heterocycles. The standard InChI is InChI=1S/C19H23N3O7/c1-28-19(27)14-11-22(4-7-23)17(24)16(14)20-15-10-12(2-3-13(15)18(25)26)21-5-8-29-9-6-21/h2-3,10,20,23H,4-9,11H2,1H3,(H,25,26). The summed E-state index contributed by atoms with van der Waals surface area (Å²) in [6.07, 6.45) is 0. The molecule has 1 aromatic rings. The topological polar surface area (TPSA) is 129 Å². The van der Waals surface area contributed by atoms with E-state index in [2.05, 4.69) is 5.32 Å². The molecule has 0 saturated carbocycles. The normalized spacial score (nSPS) is 17.0. The number of nitrogens with one attached hydrogen (secondary N) is 1. The molecule has 1 aromatic carbocycles. The lowest BCUT2D eigenvalue weighted by Crippen LogP contribution is -2.36. The number of β-amino-alcohol motifs (C(OH)–C–C–N with tert-alkyl or cyclic N) is 1. The first kappa shape index (κ1) is 20.6. The van der Waals surface area contributed by atoms with E-state index in [1.165, 1.54) is 18.1 Å². The number of amides is 1. The van der Waals surface area contributed by atoms with Crippen molar-refractivity contribution < 1.29 is 34.1 Å². The Morgan fingerprint density at radius 3 is 2.62 bits per heavy atom. The molecule has 0 spiro atoms. The van der Waals surface area contributed by atoms with Crippen molar-refractivity contribution >= 4 is 29.2 Å². The van der Waals surface area contributed by atoms with E-state index in [-0.39, 0.29) is 42.2 Å². The molecule has 1 saturated heterocycles. The molecule has 10 nitrogen and oxygen atoms in total. The number of aliphatic hydroxyl groups is 1. The van der Waals surface area contributed by atoms with Crippen LogP contribution >= 0.6 is 0 Å². The number of nitrogens with zero attached hydrogens (tertiary/aromatic N) is 2. The van der Waals surface area contributed by atoms with Crippen LogP contribution in [0.25, 0.3) is 0 Å². The fourth-order valence-electron chi connectivity index (χ4n) is 3.32. The molecule has 2 aliphatic rings. The van der Waals surface area contributed by atoms with Crippen LogP contribution in [0.3, 0.4) is 0 Å². The summed E-state index contributed by atoms with van der Waals surface area (Å²) in [6, 6.07) is 4.79. The summed E-state index contributed by atoms with van der Waals surface area (Å²) in [7, 11) is 1.20. The molecule has 0 aromatic heterocycles. The van der Waals surface area contributed by atoms with Gasteiger partial charge in [0.1, 0.15) is 5.70 Å². The highest BCUT2D eigenvalue weighted by molar-refractivity contribution is 6.09. The Morgan fingerprint density at radius 1 is 1.28 bits per heavy atom. The number of hydrogen-bond acceptors (Lipinski definition) is 8. The maximum Gasteiger partial charge on any atom is 0.337 e. The van der Waals surface area contributed by atoms with Crippen molar-refractivity contribution in [3.8, 4) is 0 Å². The van der Waals surface area contributed by atoms with Gasteiger partial charge in [0.05, 0.1) is 50.3 Å². The van der Waals surface area contributed by atoms with E-state index >= 15 is 0 Å². The van der Waals surface area contributed by atoms with Gasteiger partial charge in [-0.15, -0.1) is 0 Å². The second kappa shape index (κ2) is 8.93. The number of rotatable bonds is 7. The maximum absolute atomic E-state index is 12.7. The van der Waals surface area contributed by atoms with Crippen LogP contribution in [0.4, 0.5) is 11.4 Å². The number of carbonyl (C=O) groups is 3. The average Bonchev–Trinajstić information content (AvgIpc) is 3.04. The highest BCUT2D eigenvalue weighted by atomic mass is 16.5. The molecular formula is C19H23N3O7. The van der Waals surface area contributed by atoms with Crippen molar-refractivity contribution in [1.82, 2.24) is 4.90 Å². The Hall–Kier alpha value is -3.11. The van der Waals surface area contributed by atoms with Gasteiger partial charge in [-0.25, -0.2) is 9.59 Å². The zero-order chi connectivity index (χ0) is 21.0. The Bertz CT molecular complexity index is 846. The number of anilines is 2. The van der Waals surface area contributed by atoms with E-state index < -0.39 is 17.8 Å². The minimum atomic E-state index is -1.17. The van der Waals surface area contributed by atoms with Gasteiger partial charge < -0.3 is 34.8 Å². The molecule has 0 unspecified atom stereocenters. The molecule has 1 fully saturated rings. The first-order valence-corrected chi connectivity index (χ1v) is 9.15. The third-order valence-electron chi connectivity index (χ3n) is 4.82. The molecular weight excluding hydrogens is 382 g/mol. The van der Waals surface area contributed by atoms with Gasteiger partial charge in [0.25, 0.3) is 5.91 Å². The predicted octanol–water partition coefficient (Wildman–Crippen LogP) is -0.105. The van der Waals surface area contributed by atoms with Gasteiger partial charge in [0, 0.05) is 25.3 Å². The number of aromatic carboxylic acids is 1. The Balaban J connectivity index is 1.98. The quantitative estimate of drug-likeness (QED) is 0.532. The van der Waals surface area contributed by atoms with Crippen LogP contribution < -0.4 is 10.2 Å². The van der Waals surface area contributed by atoms with Gasteiger partial charge in [-0.2, -0.15) is 0 Å². The van der Waals surface area contributed by atoms with Crippen molar-refractivity contribution in [1.29, 1.82) is 0 Å². The molecule has 10 heteroatoms. The monoisotopic (exact) mass is 405 g/mol. The van der Waals surface area contributed by atoms with Crippen molar-refractivity contribution in [2.24, 2.45) is 0 Å². The summed E-state index contributed by atoms with van der Waals surface area (Å²) in [4.78, 5) is 39.9. The molecule has 156 valence electrons. The molecule has 29 heavy (non-hydrogen) atoms. The van der Waals surface area contributed by atoms with Crippen LogP contribution in [0.2, 0.25) is 0 Å². The van der Waals surface area contributed by atoms with Crippen LogP contribution in [-0.4, -0.2) is 86.1 Å². The van der Waals surface area contributed by atoms with E-state index in [9.17, 15) is 19.5 Å². The van der Waals surface area contributed by atoms with E-state index in [0.717, 1.165) is 5.69 Å². The lowest BCUT2D eigenvalue weighted by Gasteiger charge is -2.29. The van der Waals surface area contributed by atoms with Gasteiger partial charge in [-0.1, -0.05) is 0 Å². The van der Waals surface area contributed by atoms with Crippen LogP contribution in [0, 0.1) is 0 Å². The van der Waals surface area contributed by atoms with E-state index in [1.807, 2.05) is 4.90 Å². The fourth-order valence-corrected chi connectivity index (χ4v) is 3.32. The minimum Gasteiger partial charge on any atom is -0.478 e. The number of benzene rings is 1. The SMILES string of the molecule is COC(=O)C1=C(Nc2cc(N3CCOCC3)ccc2C(=O)O)C(=O)N(CCO)C1. The number of methoxy groups -OCH3 is 1. The third-order valence-corrected chi connectivity index (χ3v) is 4.82. The highest BCUT2D eigenvalue weighted by Crippen LogP contribution is 2.29. The maximum atomic E-state index is 12.7. The first-order valence-electron chi connectivity index (χ1n) is 9.15. The second-order valence-electron chi connectivity index (χ2n) is 6.55. The Morgan fingerprint density at radius 2 is 2.00 bits per heavy atom. The van der Waals surface area contributed by atoms with Gasteiger partial charge in [-0.3, -0.25) is 4.79 Å². The summed E-state index contributed by atoms with van der Waals surface area (Å²) in [5.74, 6) is -2.37. The molecule has 2 heterocycles. The number of morpholine rings is 1. The molecule has 0 bridgehead atoms. The van der Waals surface area contributed by atoms with Crippen molar-refractivity contribution in [3.05, 3.63) is 35.0 Å². The van der Waals surface area contributed by atoms with Crippen molar-refractivity contribution in [2.45, 2.75) is 0 Å². The van der Waals surface area contributed by atoms with E-state index in [1.54, 1.807) is 12.1 Å². The number of carbonyl (C=O) groups excluding carboxylic acids is 2. The number of esters is 1. The second-order valence-corrected chi connectivity index (χ2v) is 6.55. The third kappa shape index (κ3) is 4.33. The van der Waals surface area contributed by atoms with E-state index in [4.69, 9.17) is 14.6 Å². The smallest absolute Gasteiger partial charge is 0.337 e. The van der Waals surface area contributed by atoms with Crippen LogP contribution in [-0.2, 0) is 19.1 Å². The number of aliphatic hydroxyl groups excluding tert-OH is 1. The number of ether oxygens (including phenoxy) is 2. The summed E-state index contributed by atoms with van der Waals surface area (Å²) >= 11 is 0. The first-order chi connectivity index (χ1) is 14.0. The van der Waals surface area contributed by atoms with Crippen LogP contribution in [0.5, 0.6) is 0 Å². The molecule has 0 aliphatic carbocycles. The zero-order valence-electron chi connectivity index (χ0n) is 16.0. The van der Waals surface area contributed by atoms with Gasteiger partial charge in [0.15, 0.2) is 0 Å². The lowest BCUT2D eigenvalue weighted by atomic mass is 10.1. The lowest BCUT2D eigenvalue weighted by molar-refractivity contribution is -0.136. The summed E-state index contributed by atoms with van der Waals surface area (Å²) < 4.78 is 10.1. The van der Waals surface area contributed by atoms with Crippen LogP contribution in [0.1, 0.15) is 10.4 Å². The average molecular weight is 405 g/mol. The Labute approximate surface area is 167 Å². The van der Waals surface area contributed by atoms with Crippen LogP contribution in [0.15, 0.2) is 29.5 Å². The number of carboxylic acids is 1.